The average molecular weight is 285 g/mol. The number of aromatic nitrogens is 2. The van der Waals surface area contributed by atoms with Crippen LogP contribution in [0.15, 0.2) is 18.3 Å². The molecule has 1 N–H and O–H groups in total. The average Bonchev–Trinajstić information content (AvgIpc) is 2.72. The fourth-order valence-corrected chi connectivity index (χ4v) is 2.22. The van der Waals surface area contributed by atoms with E-state index in [0.29, 0.717) is 6.54 Å². The number of halogens is 1. The number of anilines is 1. The van der Waals surface area contributed by atoms with Gasteiger partial charge in [0.15, 0.2) is 0 Å². The lowest BCUT2D eigenvalue weighted by Crippen LogP contribution is -2.04. The molecule has 18 heavy (non-hydrogen) atoms. The molecule has 0 fully saturated rings. The van der Waals surface area contributed by atoms with Crippen molar-refractivity contribution >= 4 is 34.4 Å². The molecule has 0 amide bonds. The largest absolute Gasteiger partial charge is 0.358 e. The molecule has 0 aliphatic heterocycles. The fourth-order valence-electron chi connectivity index (χ4n) is 1.35. The van der Waals surface area contributed by atoms with Crippen molar-refractivity contribution in [3.05, 3.63) is 43.5 Å². The van der Waals surface area contributed by atoms with Gasteiger partial charge in [-0.2, -0.15) is 0 Å². The molecule has 2 heterocycles. The van der Waals surface area contributed by atoms with Gasteiger partial charge in [-0.05, 0) is 13.0 Å². The predicted molar refractivity (Wildman–Crippen MR) is 70.1 cm³/mol. The normalized spacial score (nSPS) is 10.3. The van der Waals surface area contributed by atoms with Crippen molar-refractivity contribution in [1.29, 1.82) is 0 Å². The Morgan fingerprint density at radius 3 is 2.94 bits per heavy atom. The second-order valence-electron chi connectivity index (χ2n) is 3.48. The first-order chi connectivity index (χ1) is 8.56. The van der Waals surface area contributed by atoms with Gasteiger partial charge < -0.3 is 5.32 Å². The van der Waals surface area contributed by atoms with Crippen molar-refractivity contribution in [3.8, 4) is 0 Å². The molecule has 0 spiro atoms. The highest BCUT2D eigenvalue weighted by molar-refractivity contribution is 7.11. The molecule has 2 aromatic rings. The quantitative estimate of drug-likeness (QED) is 0.530. The molecule has 0 aromatic carbocycles. The van der Waals surface area contributed by atoms with Crippen LogP contribution >= 0.6 is 22.9 Å². The van der Waals surface area contributed by atoms with E-state index in [0.717, 1.165) is 9.88 Å². The number of hydrogen-bond acceptors (Lipinski definition) is 6. The van der Waals surface area contributed by atoms with Gasteiger partial charge in [0, 0.05) is 17.1 Å². The smallest absolute Gasteiger partial charge is 0.311 e. The van der Waals surface area contributed by atoms with E-state index in [9.17, 15) is 10.1 Å². The first kappa shape index (κ1) is 12.7. The van der Waals surface area contributed by atoms with Gasteiger partial charge in [-0.1, -0.05) is 11.6 Å². The third-order valence-corrected chi connectivity index (χ3v) is 3.24. The summed E-state index contributed by atoms with van der Waals surface area (Å²) in [6.07, 6.45) is 1.75. The number of aryl methyl sites for hydroxylation is 1. The Morgan fingerprint density at radius 2 is 2.33 bits per heavy atom. The number of nitrogens with zero attached hydrogens (tertiary/aromatic N) is 3. The van der Waals surface area contributed by atoms with E-state index in [2.05, 4.69) is 15.3 Å². The zero-order chi connectivity index (χ0) is 13.1. The van der Waals surface area contributed by atoms with Crippen LogP contribution in [0, 0.1) is 17.0 Å². The fraction of sp³-hybridized carbons (Fsp3) is 0.200. The van der Waals surface area contributed by atoms with Crippen molar-refractivity contribution in [1.82, 2.24) is 9.97 Å². The first-order valence-corrected chi connectivity index (χ1v) is 6.22. The van der Waals surface area contributed by atoms with E-state index in [1.807, 2.05) is 6.92 Å². The second kappa shape index (κ2) is 5.28. The molecule has 0 radical (unpaired) electrons. The Bertz CT molecular complexity index is 587. The minimum absolute atomic E-state index is 0.104. The van der Waals surface area contributed by atoms with Gasteiger partial charge in [-0.3, -0.25) is 10.1 Å². The molecule has 0 saturated heterocycles. The summed E-state index contributed by atoms with van der Waals surface area (Å²) >= 11 is 7.24. The summed E-state index contributed by atoms with van der Waals surface area (Å²) in [7, 11) is 0. The highest BCUT2D eigenvalue weighted by atomic mass is 35.5. The summed E-state index contributed by atoms with van der Waals surface area (Å²) in [5.74, 6) is 0.153. The molecular weight excluding hydrogens is 276 g/mol. The molecule has 2 rings (SSSR count). The Kier molecular flexibility index (Phi) is 3.73. The van der Waals surface area contributed by atoms with Gasteiger partial charge in [0.1, 0.15) is 10.2 Å². The summed E-state index contributed by atoms with van der Waals surface area (Å²) in [6.45, 7) is 2.33. The maximum Gasteiger partial charge on any atom is 0.311 e. The van der Waals surface area contributed by atoms with Crippen molar-refractivity contribution in [2.45, 2.75) is 13.5 Å². The number of rotatable bonds is 4. The van der Waals surface area contributed by atoms with Crippen LogP contribution in [0.1, 0.15) is 9.88 Å². The van der Waals surface area contributed by atoms with Crippen LogP contribution in [0.3, 0.4) is 0 Å². The monoisotopic (exact) mass is 284 g/mol. The summed E-state index contributed by atoms with van der Waals surface area (Å²) in [4.78, 5) is 19.5. The molecule has 0 unspecified atom stereocenters. The van der Waals surface area contributed by atoms with E-state index in [1.165, 1.54) is 23.5 Å². The van der Waals surface area contributed by atoms with E-state index in [1.54, 1.807) is 6.20 Å². The third kappa shape index (κ3) is 2.93. The first-order valence-electron chi connectivity index (χ1n) is 5.02. The lowest BCUT2D eigenvalue weighted by Gasteiger charge is -2.04. The molecule has 0 saturated carbocycles. The van der Waals surface area contributed by atoms with E-state index < -0.39 is 4.92 Å². The van der Waals surface area contributed by atoms with Crippen LogP contribution in [0.2, 0.25) is 5.15 Å². The summed E-state index contributed by atoms with van der Waals surface area (Å²) in [6, 6.07) is 2.71. The Balaban J connectivity index is 2.17. The third-order valence-electron chi connectivity index (χ3n) is 2.11. The van der Waals surface area contributed by atoms with Crippen LogP contribution in [-0.2, 0) is 6.54 Å². The number of pyridine rings is 1. The van der Waals surface area contributed by atoms with Crippen LogP contribution in [-0.4, -0.2) is 14.9 Å². The topological polar surface area (TPSA) is 81.0 Å². The highest BCUT2D eigenvalue weighted by Gasteiger charge is 2.15. The van der Waals surface area contributed by atoms with Crippen LogP contribution < -0.4 is 5.32 Å². The van der Waals surface area contributed by atoms with Gasteiger partial charge in [-0.15, -0.1) is 11.3 Å². The molecule has 0 bridgehead atoms. The van der Waals surface area contributed by atoms with Crippen molar-refractivity contribution in [3.63, 3.8) is 0 Å². The Morgan fingerprint density at radius 1 is 1.56 bits per heavy atom. The van der Waals surface area contributed by atoms with Gasteiger partial charge in [0.2, 0.25) is 5.82 Å². The molecule has 2 aromatic heterocycles. The number of thiazole rings is 1. The maximum atomic E-state index is 10.8. The maximum absolute atomic E-state index is 10.8. The lowest BCUT2D eigenvalue weighted by molar-refractivity contribution is -0.384. The minimum Gasteiger partial charge on any atom is -0.358 e. The summed E-state index contributed by atoms with van der Waals surface area (Å²) in [5.41, 5.74) is -0.104. The molecular formula is C10H9ClN4O2S. The van der Waals surface area contributed by atoms with Gasteiger partial charge in [-0.25, -0.2) is 9.97 Å². The molecule has 8 heteroatoms. The van der Waals surface area contributed by atoms with Gasteiger partial charge >= 0.3 is 5.69 Å². The van der Waals surface area contributed by atoms with Gasteiger partial charge in [0.05, 0.1) is 11.5 Å². The molecule has 6 nitrogen and oxygen atoms in total. The van der Waals surface area contributed by atoms with Crippen molar-refractivity contribution in [2.75, 3.05) is 5.32 Å². The second-order valence-corrected chi connectivity index (χ2v) is 5.18. The Hall–Kier alpha value is -1.73. The zero-order valence-corrected chi connectivity index (χ0v) is 11.0. The zero-order valence-electron chi connectivity index (χ0n) is 9.38. The molecule has 0 aliphatic carbocycles. The van der Waals surface area contributed by atoms with Crippen LogP contribution in [0.25, 0.3) is 0 Å². The number of nitrogens with one attached hydrogen (secondary N) is 1. The van der Waals surface area contributed by atoms with Crippen LogP contribution in [0.4, 0.5) is 11.5 Å². The highest BCUT2D eigenvalue weighted by Crippen LogP contribution is 2.24. The molecule has 0 atom stereocenters. The lowest BCUT2D eigenvalue weighted by atomic mass is 10.4. The Labute approximate surface area is 112 Å². The minimum atomic E-state index is -0.501. The van der Waals surface area contributed by atoms with Gasteiger partial charge in [0.25, 0.3) is 0 Å². The van der Waals surface area contributed by atoms with Crippen LogP contribution in [0.5, 0.6) is 0 Å². The standard InChI is InChI=1S/C10H9ClN4O2S/c1-6-4-12-9(18-6)5-13-10-7(15(16)17)2-3-8(11)14-10/h2-4H,5H2,1H3,(H,13,14). The van der Waals surface area contributed by atoms with Crippen molar-refractivity contribution in [2.24, 2.45) is 0 Å². The molecule has 0 aliphatic rings. The number of hydrogen-bond donors (Lipinski definition) is 1. The summed E-state index contributed by atoms with van der Waals surface area (Å²) < 4.78 is 0. The van der Waals surface area contributed by atoms with Crippen molar-refractivity contribution < 1.29 is 4.92 Å². The summed E-state index contributed by atoms with van der Waals surface area (Å²) in [5, 5.41) is 14.7. The SMILES string of the molecule is Cc1cnc(CNc2nc(Cl)ccc2[N+](=O)[O-])s1. The van der Waals surface area contributed by atoms with E-state index in [-0.39, 0.29) is 16.7 Å². The number of nitro groups is 1. The molecule has 94 valence electrons. The van der Waals surface area contributed by atoms with E-state index in [4.69, 9.17) is 11.6 Å². The van der Waals surface area contributed by atoms with E-state index >= 15 is 0 Å². The predicted octanol–water partition coefficient (Wildman–Crippen LogP) is 3.02.